The minimum Gasteiger partial charge on any atom is -0.457 e. The van der Waals surface area contributed by atoms with Crippen LogP contribution in [0.2, 0.25) is 0 Å². The van der Waals surface area contributed by atoms with E-state index in [0.29, 0.717) is 17.4 Å². The first-order valence-corrected chi connectivity index (χ1v) is 11.1. The molecule has 2 heterocycles. The highest BCUT2D eigenvalue weighted by atomic mass is 16.5. The summed E-state index contributed by atoms with van der Waals surface area (Å²) in [4.78, 5) is 15.9. The van der Waals surface area contributed by atoms with Crippen LogP contribution in [0, 0.1) is 23.2 Å². The molecule has 1 amide bonds. The molecule has 32 heavy (non-hydrogen) atoms. The molecule has 1 N–H and O–H groups in total. The van der Waals surface area contributed by atoms with E-state index in [2.05, 4.69) is 16.3 Å². The fraction of sp³-hybridized carbons (Fsp3) is 0.259. The molecule has 3 aromatic rings. The van der Waals surface area contributed by atoms with Crippen molar-refractivity contribution < 1.29 is 9.53 Å². The van der Waals surface area contributed by atoms with Gasteiger partial charge in [-0.1, -0.05) is 48.5 Å². The molecule has 1 saturated carbocycles. The summed E-state index contributed by atoms with van der Waals surface area (Å²) in [6.07, 6.45) is 0. The highest BCUT2D eigenvalue weighted by molar-refractivity contribution is 5.90. The second-order valence-electron chi connectivity index (χ2n) is 8.98. The van der Waals surface area contributed by atoms with Gasteiger partial charge in [0.15, 0.2) is 0 Å². The number of nitriles is 1. The average molecular weight is 422 g/mol. The number of para-hydroxylation sites is 2. The summed E-state index contributed by atoms with van der Waals surface area (Å²) < 4.78 is 6.03. The normalized spacial score (nSPS) is 23.3. The van der Waals surface area contributed by atoms with Crippen molar-refractivity contribution in [1.82, 2.24) is 10.2 Å². The number of fused-ring (bicyclic) bond motifs is 3. The molecule has 0 radical (unpaired) electrons. The SMILES string of the molecule is N#Cc1ccc(CN2CC3C(C2)C3NC(=O)C2c3ccccc3Oc3ccccc32)cc1. The van der Waals surface area contributed by atoms with Crippen molar-refractivity contribution in [3.05, 3.63) is 95.1 Å². The molecular weight excluding hydrogens is 398 g/mol. The maximum absolute atomic E-state index is 13.4. The predicted octanol–water partition coefficient (Wildman–Crippen LogP) is 4.04. The Morgan fingerprint density at radius 2 is 1.53 bits per heavy atom. The Balaban J connectivity index is 1.12. The van der Waals surface area contributed by atoms with Crippen LogP contribution in [0.3, 0.4) is 0 Å². The third kappa shape index (κ3) is 3.24. The van der Waals surface area contributed by atoms with Crippen molar-refractivity contribution in [2.75, 3.05) is 13.1 Å². The Morgan fingerprint density at radius 1 is 0.938 bits per heavy atom. The summed E-state index contributed by atoms with van der Waals surface area (Å²) in [5, 5.41) is 12.3. The summed E-state index contributed by atoms with van der Waals surface area (Å²) in [7, 11) is 0. The molecule has 0 spiro atoms. The number of carbonyl (C=O) groups excluding carboxylic acids is 1. The number of amides is 1. The highest BCUT2D eigenvalue weighted by Gasteiger charge is 2.56. The van der Waals surface area contributed by atoms with Crippen LogP contribution in [0.5, 0.6) is 11.5 Å². The topological polar surface area (TPSA) is 65.4 Å². The number of rotatable bonds is 4. The van der Waals surface area contributed by atoms with Crippen molar-refractivity contribution in [3.63, 3.8) is 0 Å². The van der Waals surface area contributed by atoms with E-state index in [1.165, 1.54) is 5.56 Å². The average Bonchev–Trinajstić information content (AvgIpc) is 3.25. The summed E-state index contributed by atoms with van der Waals surface area (Å²) >= 11 is 0. The smallest absolute Gasteiger partial charge is 0.232 e. The van der Waals surface area contributed by atoms with Crippen LogP contribution < -0.4 is 10.1 Å². The summed E-state index contributed by atoms with van der Waals surface area (Å²) in [6, 6.07) is 25.9. The lowest BCUT2D eigenvalue weighted by molar-refractivity contribution is -0.122. The van der Waals surface area contributed by atoms with Gasteiger partial charge >= 0.3 is 0 Å². The Morgan fingerprint density at radius 3 is 2.12 bits per heavy atom. The largest absolute Gasteiger partial charge is 0.457 e. The number of benzene rings is 3. The monoisotopic (exact) mass is 421 g/mol. The van der Waals surface area contributed by atoms with Crippen LogP contribution in [-0.2, 0) is 11.3 Å². The Labute approximate surface area is 187 Å². The van der Waals surface area contributed by atoms with Gasteiger partial charge in [0.25, 0.3) is 0 Å². The Hall–Kier alpha value is -3.62. The molecule has 2 atom stereocenters. The molecular formula is C27H23N3O2. The van der Waals surface area contributed by atoms with Gasteiger partial charge in [0, 0.05) is 36.8 Å². The molecule has 5 heteroatoms. The van der Waals surface area contributed by atoms with Crippen molar-refractivity contribution in [2.45, 2.75) is 18.5 Å². The number of piperidine rings is 1. The zero-order valence-electron chi connectivity index (χ0n) is 17.6. The molecule has 5 nitrogen and oxygen atoms in total. The number of likely N-dealkylation sites (tertiary alicyclic amines) is 1. The minimum absolute atomic E-state index is 0.0613. The third-order valence-corrected chi connectivity index (χ3v) is 7.01. The van der Waals surface area contributed by atoms with E-state index in [0.717, 1.165) is 42.3 Å². The molecule has 0 bridgehead atoms. The lowest BCUT2D eigenvalue weighted by Gasteiger charge is -2.28. The zero-order chi connectivity index (χ0) is 21.7. The Kier molecular flexibility index (Phi) is 4.48. The molecule has 6 rings (SSSR count). The van der Waals surface area contributed by atoms with Gasteiger partial charge in [-0.05, 0) is 41.7 Å². The first-order chi connectivity index (χ1) is 15.7. The van der Waals surface area contributed by atoms with E-state index < -0.39 is 0 Å². The lowest BCUT2D eigenvalue weighted by Crippen LogP contribution is -2.38. The van der Waals surface area contributed by atoms with Gasteiger partial charge in [-0.3, -0.25) is 9.69 Å². The van der Waals surface area contributed by atoms with Crippen molar-refractivity contribution in [1.29, 1.82) is 5.26 Å². The maximum Gasteiger partial charge on any atom is 0.232 e. The predicted molar refractivity (Wildman–Crippen MR) is 120 cm³/mol. The van der Waals surface area contributed by atoms with Gasteiger partial charge in [0.05, 0.1) is 17.6 Å². The zero-order valence-corrected chi connectivity index (χ0v) is 17.6. The molecule has 158 valence electrons. The van der Waals surface area contributed by atoms with Gasteiger partial charge in [-0.2, -0.15) is 5.26 Å². The van der Waals surface area contributed by atoms with Crippen LogP contribution in [-0.4, -0.2) is 29.9 Å². The van der Waals surface area contributed by atoms with Crippen LogP contribution >= 0.6 is 0 Å². The van der Waals surface area contributed by atoms with E-state index in [-0.39, 0.29) is 17.9 Å². The number of carbonyl (C=O) groups is 1. The van der Waals surface area contributed by atoms with E-state index >= 15 is 0 Å². The molecule has 0 aromatic heterocycles. The lowest BCUT2D eigenvalue weighted by atomic mass is 9.87. The first-order valence-electron chi connectivity index (χ1n) is 11.1. The number of hydrogen-bond donors (Lipinski definition) is 1. The highest BCUT2D eigenvalue weighted by Crippen LogP contribution is 2.48. The molecule has 2 aliphatic heterocycles. The van der Waals surface area contributed by atoms with E-state index in [9.17, 15) is 4.79 Å². The molecule has 2 unspecified atom stereocenters. The molecule has 3 aromatic carbocycles. The minimum atomic E-state index is -0.341. The van der Waals surface area contributed by atoms with E-state index in [1.54, 1.807) is 0 Å². The molecule has 1 saturated heterocycles. The molecule has 2 fully saturated rings. The fourth-order valence-electron chi connectivity index (χ4n) is 5.34. The van der Waals surface area contributed by atoms with E-state index in [1.807, 2.05) is 72.8 Å². The summed E-state index contributed by atoms with van der Waals surface area (Å²) in [6.45, 7) is 2.88. The van der Waals surface area contributed by atoms with Crippen molar-refractivity contribution in [3.8, 4) is 17.6 Å². The first kappa shape index (κ1) is 19.1. The number of hydrogen-bond acceptors (Lipinski definition) is 4. The van der Waals surface area contributed by atoms with Crippen LogP contribution in [0.25, 0.3) is 0 Å². The number of ether oxygens (including phenoxy) is 1. The third-order valence-electron chi connectivity index (χ3n) is 7.01. The summed E-state index contributed by atoms with van der Waals surface area (Å²) in [5.74, 6) is 2.27. The second-order valence-corrected chi connectivity index (χ2v) is 8.98. The van der Waals surface area contributed by atoms with Crippen LogP contribution in [0.15, 0.2) is 72.8 Å². The van der Waals surface area contributed by atoms with Gasteiger partial charge in [-0.15, -0.1) is 0 Å². The van der Waals surface area contributed by atoms with Gasteiger partial charge in [0.1, 0.15) is 11.5 Å². The second kappa shape index (κ2) is 7.51. The van der Waals surface area contributed by atoms with Crippen LogP contribution in [0.4, 0.5) is 0 Å². The Bertz CT molecular complexity index is 1170. The van der Waals surface area contributed by atoms with Crippen LogP contribution in [0.1, 0.15) is 28.2 Å². The van der Waals surface area contributed by atoms with Gasteiger partial charge in [-0.25, -0.2) is 0 Å². The number of nitrogens with one attached hydrogen (secondary N) is 1. The quantitative estimate of drug-likeness (QED) is 0.691. The molecule has 1 aliphatic carbocycles. The summed E-state index contributed by atoms with van der Waals surface area (Å²) in [5.41, 5.74) is 3.77. The van der Waals surface area contributed by atoms with Crippen molar-refractivity contribution >= 4 is 5.91 Å². The van der Waals surface area contributed by atoms with Gasteiger partial charge in [0.2, 0.25) is 5.91 Å². The van der Waals surface area contributed by atoms with Gasteiger partial charge < -0.3 is 10.1 Å². The van der Waals surface area contributed by atoms with E-state index in [4.69, 9.17) is 10.00 Å². The maximum atomic E-state index is 13.4. The standard InChI is InChI=1S/C27H23N3O2/c28-13-17-9-11-18(12-10-17)14-30-15-21-22(16-30)26(21)29-27(31)25-19-5-1-3-7-23(19)32-24-8-4-2-6-20(24)25/h1-12,21-22,25-26H,14-16H2,(H,29,31). The van der Waals surface area contributed by atoms with Crippen molar-refractivity contribution in [2.24, 2.45) is 11.8 Å². The fourth-order valence-corrected chi connectivity index (χ4v) is 5.34. The molecule has 3 aliphatic rings. The number of nitrogens with zero attached hydrogens (tertiary/aromatic N) is 2.